The quantitative estimate of drug-likeness (QED) is 0.680. The van der Waals surface area contributed by atoms with Crippen molar-refractivity contribution in [1.29, 1.82) is 0 Å². The van der Waals surface area contributed by atoms with Crippen molar-refractivity contribution in [3.63, 3.8) is 0 Å². The predicted molar refractivity (Wildman–Crippen MR) is 104 cm³/mol. The van der Waals surface area contributed by atoms with Gasteiger partial charge in [0.2, 0.25) is 5.91 Å². The number of piperazine rings is 1. The third-order valence-corrected chi connectivity index (χ3v) is 5.88. The van der Waals surface area contributed by atoms with Gasteiger partial charge in [-0.3, -0.25) is 25.6 Å². The highest BCUT2D eigenvalue weighted by Gasteiger charge is 2.46. The number of hydrogen-bond acceptors (Lipinski definition) is 6. The lowest BCUT2D eigenvalue weighted by Crippen LogP contribution is -2.64. The van der Waals surface area contributed by atoms with Crippen molar-refractivity contribution < 1.29 is 9.59 Å². The number of rotatable bonds is 3. The van der Waals surface area contributed by atoms with Crippen LogP contribution in [0.3, 0.4) is 0 Å². The molecule has 4 rings (SSSR count). The Hall–Kier alpha value is -1.87. The molecule has 0 aliphatic carbocycles. The van der Waals surface area contributed by atoms with Gasteiger partial charge in [-0.25, -0.2) is 4.79 Å². The summed E-state index contributed by atoms with van der Waals surface area (Å²) in [6.45, 7) is 6.61. The van der Waals surface area contributed by atoms with Gasteiger partial charge in [-0.2, -0.15) is 0 Å². The molecule has 9 heteroatoms. The molecule has 27 heavy (non-hydrogen) atoms. The molecule has 146 valence electrons. The number of likely N-dealkylation sites (N-methyl/N-ethyl adjacent to an activating group) is 1. The van der Waals surface area contributed by atoms with Crippen LogP contribution in [0.15, 0.2) is 18.2 Å². The molecule has 3 unspecified atom stereocenters. The summed E-state index contributed by atoms with van der Waals surface area (Å²) < 4.78 is 0. The van der Waals surface area contributed by atoms with Crippen molar-refractivity contribution in [2.45, 2.75) is 25.3 Å². The molecule has 3 atom stereocenters. The molecule has 0 radical (unpaired) electrons. The van der Waals surface area contributed by atoms with E-state index in [4.69, 9.17) is 11.6 Å². The van der Waals surface area contributed by atoms with Gasteiger partial charge in [0.1, 0.15) is 12.2 Å². The highest BCUT2D eigenvalue weighted by Crippen LogP contribution is 2.25. The van der Waals surface area contributed by atoms with Crippen LogP contribution in [0.25, 0.3) is 0 Å². The van der Waals surface area contributed by atoms with Crippen molar-refractivity contribution >= 4 is 29.2 Å². The van der Waals surface area contributed by atoms with Crippen molar-refractivity contribution in [3.05, 3.63) is 28.8 Å². The first kappa shape index (κ1) is 18.5. The van der Waals surface area contributed by atoms with Gasteiger partial charge in [0.15, 0.2) is 0 Å². The molecule has 3 heterocycles. The standard InChI is InChI=1S/C18H25ClN6O2/c1-11-3-4-12(19)9-13(11)25-7-5-24(6-8-25)10-14-20-15-16(21-14)23(2)18(27)22-17(15)26/h3-4,9,14-16,20-21H,5-8,10H2,1-2H3,(H,22,26,27). The highest BCUT2D eigenvalue weighted by atomic mass is 35.5. The summed E-state index contributed by atoms with van der Waals surface area (Å²) in [5.74, 6) is -0.264. The second-order valence-corrected chi connectivity index (χ2v) is 7.87. The molecule has 3 amide bonds. The van der Waals surface area contributed by atoms with Gasteiger partial charge in [0, 0.05) is 50.5 Å². The van der Waals surface area contributed by atoms with Crippen LogP contribution in [-0.2, 0) is 4.79 Å². The minimum atomic E-state index is -0.409. The van der Waals surface area contributed by atoms with E-state index in [1.165, 1.54) is 11.3 Å². The van der Waals surface area contributed by atoms with Crippen molar-refractivity contribution in [2.24, 2.45) is 0 Å². The van der Waals surface area contributed by atoms with Crippen LogP contribution >= 0.6 is 11.6 Å². The average Bonchev–Trinajstić information content (AvgIpc) is 3.07. The van der Waals surface area contributed by atoms with Crippen LogP contribution in [0.4, 0.5) is 10.5 Å². The van der Waals surface area contributed by atoms with E-state index in [2.05, 4.69) is 38.7 Å². The van der Waals surface area contributed by atoms with Gasteiger partial charge in [-0.1, -0.05) is 17.7 Å². The lowest BCUT2D eigenvalue weighted by molar-refractivity contribution is -0.124. The molecule has 1 aromatic carbocycles. The Morgan fingerprint density at radius 3 is 2.63 bits per heavy atom. The Bertz CT molecular complexity index is 751. The maximum atomic E-state index is 12.0. The molecular formula is C18H25ClN6O2. The number of anilines is 1. The molecule has 3 aliphatic heterocycles. The Balaban J connectivity index is 1.33. The zero-order chi connectivity index (χ0) is 19.1. The van der Waals surface area contributed by atoms with E-state index in [1.54, 1.807) is 11.9 Å². The highest BCUT2D eigenvalue weighted by molar-refractivity contribution is 6.30. The van der Waals surface area contributed by atoms with Crippen molar-refractivity contribution in [3.8, 4) is 0 Å². The summed E-state index contributed by atoms with van der Waals surface area (Å²) in [7, 11) is 1.70. The van der Waals surface area contributed by atoms with E-state index >= 15 is 0 Å². The van der Waals surface area contributed by atoms with Gasteiger partial charge in [-0.15, -0.1) is 0 Å². The van der Waals surface area contributed by atoms with Gasteiger partial charge in [0.25, 0.3) is 0 Å². The molecule has 3 saturated heterocycles. The fraction of sp³-hybridized carbons (Fsp3) is 0.556. The summed E-state index contributed by atoms with van der Waals surface area (Å²) in [5, 5.41) is 9.82. The van der Waals surface area contributed by atoms with E-state index in [1.807, 2.05) is 12.1 Å². The lowest BCUT2D eigenvalue weighted by Gasteiger charge is -2.38. The number of carbonyl (C=O) groups is 2. The number of carbonyl (C=O) groups excluding carboxylic acids is 2. The van der Waals surface area contributed by atoms with E-state index in [0.717, 1.165) is 37.7 Å². The topological polar surface area (TPSA) is 80.0 Å². The summed E-state index contributed by atoms with van der Waals surface area (Å²) in [6, 6.07) is 5.24. The van der Waals surface area contributed by atoms with Crippen molar-refractivity contribution in [2.75, 3.05) is 44.7 Å². The largest absolute Gasteiger partial charge is 0.369 e. The average molecular weight is 393 g/mol. The minimum absolute atomic E-state index is 0.0291. The first-order valence-corrected chi connectivity index (χ1v) is 9.63. The molecule has 8 nitrogen and oxygen atoms in total. The molecule has 0 saturated carbocycles. The maximum absolute atomic E-state index is 12.0. The fourth-order valence-electron chi connectivity index (χ4n) is 4.07. The van der Waals surface area contributed by atoms with E-state index in [0.29, 0.717) is 0 Å². The first-order valence-electron chi connectivity index (χ1n) is 9.25. The Kier molecular flexibility index (Phi) is 4.98. The number of imide groups is 1. The van der Waals surface area contributed by atoms with Gasteiger partial charge < -0.3 is 9.80 Å². The number of amides is 3. The summed E-state index contributed by atoms with van der Waals surface area (Å²) >= 11 is 6.16. The molecular weight excluding hydrogens is 368 g/mol. The second-order valence-electron chi connectivity index (χ2n) is 7.43. The number of aryl methyl sites for hydroxylation is 1. The fourth-order valence-corrected chi connectivity index (χ4v) is 4.24. The molecule has 0 spiro atoms. The second kappa shape index (κ2) is 7.27. The third kappa shape index (κ3) is 3.62. The maximum Gasteiger partial charge on any atom is 0.325 e. The number of fused-ring (bicyclic) bond motifs is 1. The third-order valence-electron chi connectivity index (χ3n) is 5.64. The van der Waals surface area contributed by atoms with Crippen LogP contribution in [0, 0.1) is 6.92 Å². The van der Waals surface area contributed by atoms with E-state index in [9.17, 15) is 9.59 Å². The zero-order valence-electron chi connectivity index (χ0n) is 15.5. The molecule has 0 aromatic heterocycles. The zero-order valence-corrected chi connectivity index (χ0v) is 16.3. The van der Waals surface area contributed by atoms with Gasteiger partial charge in [-0.05, 0) is 24.6 Å². The summed E-state index contributed by atoms with van der Waals surface area (Å²) in [4.78, 5) is 30.1. The Labute approximate surface area is 163 Å². The van der Waals surface area contributed by atoms with Crippen LogP contribution in [0.2, 0.25) is 5.02 Å². The van der Waals surface area contributed by atoms with Crippen LogP contribution in [-0.4, -0.2) is 79.9 Å². The van der Waals surface area contributed by atoms with E-state index in [-0.39, 0.29) is 24.3 Å². The molecule has 1 aromatic rings. The monoisotopic (exact) mass is 392 g/mol. The number of hydrogen-bond donors (Lipinski definition) is 3. The first-order chi connectivity index (χ1) is 12.9. The SMILES string of the molecule is Cc1ccc(Cl)cc1N1CCN(CC2NC3C(=O)NC(=O)N(C)C3N2)CC1. The smallest absolute Gasteiger partial charge is 0.325 e. The van der Waals surface area contributed by atoms with Crippen LogP contribution < -0.4 is 20.9 Å². The van der Waals surface area contributed by atoms with E-state index < -0.39 is 6.04 Å². The molecule has 0 bridgehead atoms. The Morgan fingerprint density at radius 2 is 1.89 bits per heavy atom. The van der Waals surface area contributed by atoms with Gasteiger partial charge in [0.05, 0.1) is 6.17 Å². The van der Waals surface area contributed by atoms with Crippen LogP contribution in [0.5, 0.6) is 0 Å². The van der Waals surface area contributed by atoms with Gasteiger partial charge >= 0.3 is 6.03 Å². The minimum Gasteiger partial charge on any atom is -0.369 e. The number of halogens is 1. The molecule has 3 fully saturated rings. The summed E-state index contributed by atoms with van der Waals surface area (Å²) in [6.07, 6.45) is -0.329. The number of urea groups is 1. The predicted octanol–water partition coefficient (Wildman–Crippen LogP) is 0.166. The normalized spacial score (nSPS) is 29.1. The lowest BCUT2D eigenvalue weighted by atomic mass is 10.1. The Morgan fingerprint density at radius 1 is 1.15 bits per heavy atom. The molecule has 3 N–H and O–H groups in total. The molecule has 3 aliphatic rings. The van der Waals surface area contributed by atoms with Crippen molar-refractivity contribution in [1.82, 2.24) is 25.8 Å². The number of nitrogens with one attached hydrogen (secondary N) is 3. The number of nitrogens with zero attached hydrogens (tertiary/aromatic N) is 3. The summed E-state index contributed by atoms with van der Waals surface area (Å²) in [5.41, 5.74) is 2.43. The number of benzene rings is 1. The van der Waals surface area contributed by atoms with Crippen LogP contribution in [0.1, 0.15) is 5.56 Å².